The van der Waals surface area contributed by atoms with Crippen LogP contribution in [0.1, 0.15) is 50.6 Å². The Hall–Kier alpha value is -1.13. The lowest BCUT2D eigenvalue weighted by atomic mass is 9.94. The fraction of sp³-hybridized carbons (Fsp3) is 0.722. The topological polar surface area (TPSA) is 31.4 Å². The first kappa shape index (κ1) is 15.8. The second-order valence-electron chi connectivity index (χ2n) is 6.55. The van der Waals surface area contributed by atoms with Gasteiger partial charge in [0.2, 0.25) is 0 Å². The summed E-state index contributed by atoms with van der Waals surface area (Å²) < 4.78 is 0. The van der Waals surface area contributed by atoms with Crippen molar-refractivity contribution in [3.05, 3.63) is 23.9 Å². The molecule has 1 N–H and O–H groups in total. The van der Waals surface area contributed by atoms with Gasteiger partial charge in [0.1, 0.15) is 5.82 Å². The van der Waals surface area contributed by atoms with Gasteiger partial charge in [0, 0.05) is 44.0 Å². The molecule has 2 fully saturated rings. The Labute approximate surface area is 134 Å². The highest BCUT2D eigenvalue weighted by molar-refractivity contribution is 5.49. The van der Waals surface area contributed by atoms with E-state index in [0.29, 0.717) is 6.04 Å². The summed E-state index contributed by atoms with van der Waals surface area (Å²) in [4.78, 5) is 9.94. The van der Waals surface area contributed by atoms with E-state index in [1.54, 1.807) is 0 Å². The van der Waals surface area contributed by atoms with E-state index in [9.17, 15) is 0 Å². The number of pyridine rings is 1. The number of nitrogens with one attached hydrogen (secondary N) is 1. The lowest BCUT2D eigenvalue weighted by Crippen LogP contribution is -2.45. The van der Waals surface area contributed by atoms with Crippen LogP contribution in [0.25, 0.3) is 0 Å². The Morgan fingerprint density at radius 1 is 1.23 bits per heavy atom. The molecule has 3 heterocycles. The number of piperazine rings is 1. The van der Waals surface area contributed by atoms with E-state index in [1.165, 1.54) is 56.6 Å². The molecule has 3 rings (SSSR count). The zero-order valence-electron chi connectivity index (χ0n) is 13.9. The van der Waals surface area contributed by atoms with E-state index >= 15 is 0 Å². The third kappa shape index (κ3) is 3.61. The molecule has 4 nitrogen and oxygen atoms in total. The van der Waals surface area contributed by atoms with Gasteiger partial charge in [-0.3, -0.25) is 4.90 Å². The van der Waals surface area contributed by atoms with Crippen molar-refractivity contribution in [3.8, 4) is 0 Å². The number of nitrogens with zero attached hydrogens (tertiary/aromatic N) is 3. The largest absolute Gasteiger partial charge is 0.354 e. The lowest BCUT2D eigenvalue weighted by Gasteiger charge is -2.38. The van der Waals surface area contributed by atoms with Crippen molar-refractivity contribution in [3.63, 3.8) is 0 Å². The Kier molecular flexibility index (Phi) is 5.68. The maximum Gasteiger partial charge on any atom is 0.133 e. The predicted octanol–water partition coefficient (Wildman–Crippen LogP) is 2.82. The van der Waals surface area contributed by atoms with Crippen LogP contribution in [0.15, 0.2) is 18.3 Å². The average molecular weight is 302 g/mol. The molecular weight excluding hydrogens is 272 g/mol. The van der Waals surface area contributed by atoms with Crippen LogP contribution in [0.2, 0.25) is 0 Å². The van der Waals surface area contributed by atoms with Gasteiger partial charge in [-0.1, -0.05) is 25.8 Å². The Balaban J connectivity index is 1.82. The summed E-state index contributed by atoms with van der Waals surface area (Å²) in [5.74, 6) is 1.23. The van der Waals surface area contributed by atoms with E-state index in [4.69, 9.17) is 4.98 Å². The first-order valence-corrected chi connectivity index (χ1v) is 9.05. The van der Waals surface area contributed by atoms with E-state index in [-0.39, 0.29) is 0 Å². The van der Waals surface area contributed by atoms with Gasteiger partial charge in [-0.2, -0.15) is 0 Å². The van der Waals surface area contributed by atoms with Crippen LogP contribution >= 0.6 is 0 Å². The minimum Gasteiger partial charge on any atom is -0.354 e. The summed E-state index contributed by atoms with van der Waals surface area (Å²) in [6, 6.07) is 5.01. The average Bonchev–Trinajstić information content (AvgIpc) is 2.61. The summed E-state index contributed by atoms with van der Waals surface area (Å²) in [6.07, 6.45) is 8.53. The number of piperidine rings is 1. The molecule has 4 heteroatoms. The highest BCUT2D eigenvalue weighted by atomic mass is 15.2. The van der Waals surface area contributed by atoms with Gasteiger partial charge in [-0.15, -0.1) is 0 Å². The number of aromatic nitrogens is 1. The molecule has 1 aromatic rings. The molecule has 2 saturated heterocycles. The minimum absolute atomic E-state index is 0.568. The third-order valence-electron chi connectivity index (χ3n) is 5.00. The molecule has 1 atom stereocenters. The quantitative estimate of drug-likeness (QED) is 0.906. The number of rotatable bonds is 5. The molecule has 0 amide bonds. The summed E-state index contributed by atoms with van der Waals surface area (Å²) in [5, 5.41) is 3.44. The molecule has 0 bridgehead atoms. The second kappa shape index (κ2) is 7.93. The molecule has 0 aliphatic carbocycles. The fourth-order valence-electron chi connectivity index (χ4n) is 3.78. The summed E-state index contributed by atoms with van der Waals surface area (Å²) >= 11 is 0. The molecule has 22 heavy (non-hydrogen) atoms. The number of anilines is 1. The van der Waals surface area contributed by atoms with Crippen molar-refractivity contribution in [1.29, 1.82) is 0 Å². The van der Waals surface area contributed by atoms with Gasteiger partial charge in [0.25, 0.3) is 0 Å². The van der Waals surface area contributed by atoms with Gasteiger partial charge >= 0.3 is 0 Å². The van der Waals surface area contributed by atoms with Crippen molar-refractivity contribution in [2.24, 2.45) is 0 Å². The van der Waals surface area contributed by atoms with E-state index in [0.717, 1.165) is 26.2 Å². The monoisotopic (exact) mass is 302 g/mol. The first-order valence-electron chi connectivity index (χ1n) is 9.05. The van der Waals surface area contributed by atoms with Gasteiger partial charge in [-0.25, -0.2) is 4.98 Å². The Bertz CT molecular complexity index is 456. The molecule has 0 saturated carbocycles. The van der Waals surface area contributed by atoms with E-state index < -0.39 is 0 Å². The molecule has 2 aliphatic heterocycles. The van der Waals surface area contributed by atoms with Gasteiger partial charge in [-0.05, 0) is 38.4 Å². The van der Waals surface area contributed by atoms with Crippen LogP contribution in [-0.2, 0) is 0 Å². The predicted molar refractivity (Wildman–Crippen MR) is 92.4 cm³/mol. The van der Waals surface area contributed by atoms with Crippen LogP contribution in [-0.4, -0.2) is 49.2 Å². The number of hydrogen-bond donors (Lipinski definition) is 1. The molecule has 1 unspecified atom stereocenters. The van der Waals surface area contributed by atoms with E-state index in [2.05, 4.69) is 34.2 Å². The maximum atomic E-state index is 4.76. The summed E-state index contributed by atoms with van der Waals surface area (Å²) in [6.45, 7) is 9.06. The standard InChI is InChI=1S/C18H30N4/c1-2-3-12-21-13-5-4-8-17(21)16-7-6-9-20-18(16)22-14-10-19-11-15-22/h6-7,9,17,19H,2-5,8,10-15H2,1H3. The maximum absolute atomic E-state index is 4.76. The zero-order chi connectivity index (χ0) is 15.2. The molecule has 0 spiro atoms. The summed E-state index contributed by atoms with van der Waals surface area (Å²) in [7, 11) is 0. The molecular formula is C18H30N4. The first-order chi connectivity index (χ1) is 10.9. The van der Waals surface area contributed by atoms with Crippen molar-refractivity contribution < 1.29 is 0 Å². The molecule has 1 aromatic heterocycles. The van der Waals surface area contributed by atoms with Crippen molar-refractivity contribution >= 4 is 5.82 Å². The van der Waals surface area contributed by atoms with Crippen molar-refractivity contribution in [2.75, 3.05) is 44.2 Å². The molecule has 122 valence electrons. The highest BCUT2D eigenvalue weighted by Crippen LogP contribution is 2.35. The number of likely N-dealkylation sites (tertiary alicyclic amines) is 1. The molecule has 2 aliphatic rings. The van der Waals surface area contributed by atoms with Crippen LogP contribution in [0.5, 0.6) is 0 Å². The Morgan fingerprint density at radius 2 is 2.09 bits per heavy atom. The summed E-state index contributed by atoms with van der Waals surface area (Å²) in [5.41, 5.74) is 1.46. The Morgan fingerprint density at radius 3 is 2.91 bits per heavy atom. The van der Waals surface area contributed by atoms with Crippen LogP contribution in [0.3, 0.4) is 0 Å². The van der Waals surface area contributed by atoms with Gasteiger partial charge in [0.05, 0.1) is 0 Å². The van der Waals surface area contributed by atoms with Crippen LogP contribution in [0.4, 0.5) is 5.82 Å². The molecule has 0 radical (unpaired) electrons. The van der Waals surface area contributed by atoms with Gasteiger partial charge in [0.15, 0.2) is 0 Å². The zero-order valence-corrected chi connectivity index (χ0v) is 13.9. The van der Waals surface area contributed by atoms with Gasteiger partial charge < -0.3 is 10.2 Å². The minimum atomic E-state index is 0.568. The van der Waals surface area contributed by atoms with E-state index in [1.807, 2.05) is 6.20 Å². The van der Waals surface area contributed by atoms with Crippen molar-refractivity contribution in [1.82, 2.24) is 15.2 Å². The smallest absolute Gasteiger partial charge is 0.133 e. The van der Waals surface area contributed by atoms with Crippen LogP contribution < -0.4 is 10.2 Å². The second-order valence-corrected chi connectivity index (χ2v) is 6.55. The number of hydrogen-bond acceptors (Lipinski definition) is 4. The SMILES string of the molecule is CCCCN1CCCCC1c1cccnc1N1CCNCC1. The number of unbranched alkanes of at least 4 members (excludes halogenated alkanes) is 1. The fourth-order valence-corrected chi connectivity index (χ4v) is 3.78. The third-order valence-corrected chi connectivity index (χ3v) is 5.00. The normalized spacial score (nSPS) is 23.7. The van der Waals surface area contributed by atoms with Crippen LogP contribution in [0, 0.1) is 0 Å². The van der Waals surface area contributed by atoms with Crippen molar-refractivity contribution in [2.45, 2.75) is 45.1 Å². The lowest BCUT2D eigenvalue weighted by molar-refractivity contribution is 0.146. The molecule has 0 aromatic carbocycles. The highest BCUT2D eigenvalue weighted by Gasteiger charge is 2.27.